The number of hydrogen-bond donors (Lipinski definition) is 1. The molecule has 0 saturated carbocycles. The number of anilines is 1. The van der Waals surface area contributed by atoms with Crippen molar-refractivity contribution in [2.75, 3.05) is 11.9 Å². The van der Waals surface area contributed by atoms with Crippen LogP contribution in [0.15, 0.2) is 24.3 Å². The molecule has 5 heteroatoms. The summed E-state index contributed by atoms with van der Waals surface area (Å²) in [5.41, 5.74) is 0.897. The maximum absolute atomic E-state index is 12.0. The molecule has 0 aliphatic carbocycles. The van der Waals surface area contributed by atoms with Gasteiger partial charge in [-0.3, -0.25) is 0 Å². The molecule has 0 heterocycles. The molecular formula is C15H22F3NO. The fraction of sp³-hybridized carbons (Fsp3) is 0.600. The van der Waals surface area contributed by atoms with Gasteiger partial charge in [0.25, 0.3) is 0 Å². The van der Waals surface area contributed by atoms with E-state index >= 15 is 0 Å². The van der Waals surface area contributed by atoms with Gasteiger partial charge < -0.3 is 10.1 Å². The molecule has 1 aromatic rings. The molecular weight excluding hydrogens is 267 g/mol. The summed E-state index contributed by atoms with van der Waals surface area (Å²) in [6, 6.07) is 6.92. The average molecular weight is 289 g/mol. The number of unbranched alkanes of at least 4 members (excludes halogenated alkanes) is 2. The van der Waals surface area contributed by atoms with Gasteiger partial charge in [-0.15, -0.1) is 0 Å². The second-order valence-corrected chi connectivity index (χ2v) is 4.97. The van der Waals surface area contributed by atoms with Gasteiger partial charge in [0, 0.05) is 11.7 Å². The third-order valence-electron chi connectivity index (χ3n) is 2.91. The van der Waals surface area contributed by atoms with Crippen molar-refractivity contribution in [1.82, 2.24) is 0 Å². The van der Waals surface area contributed by atoms with Gasteiger partial charge in [-0.2, -0.15) is 13.2 Å². The largest absolute Gasteiger partial charge is 0.484 e. The number of alkyl halides is 3. The Morgan fingerprint density at radius 3 is 2.35 bits per heavy atom. The molecule has 0 fully saturated rings. The maximum atomic E-state index is 12.0. The van der Waals surface area contributed by atoms with Gasteiger partial charge in [0.1, 0.15) is 5.75 Å². The van der Waals surface area contributed by atoms with Crippen LogP contribution >= 0.6 is 0 Å². The van der Waals surface area contributed by atoms with Crippen LogP contribution in [0.3, 0.4) is 0 Å². The third-order valence-corrected chi connectivity index (χ3v) is 2.91. The SMILES string of the molecule is CCCCCC(C)Nc1ccc(OCC(F)(F)F)cc1. The van der Waals surface area contributed by atoms with Gasteiger partial charge in [-0.05, 0) is 37.6 Å². The highest BCUT2D eigenvalue weighted by Gasteiger charge is 2.28. The minimum Gasteiger partial charge on any atom is -0.484 e. The molecule has 20 heavy (non-hydrogen) atoms. The molecule has 0 saturated heterocycles. The molecule has 1 unspecified atom stereocenters. The molecule has 0 aliphatic heterocycles. The fourth-order valence-electron chi connectivity index (χ4n) is 1.87. The number of benzene rings is 1. The van der Waals surface area contributed by atoms with Crippen LogP contribution in [0.4, 0.5) is 18.9 Å². The van der Waals surface area contributed by atoms with Crippen LogP contribution in [0.1, 0.15) is 39.5 Å². The summed E-state index contributed by atoms with van der Waals surface area (Å²) in [7, 11) is 0. The van der Waals surface area contributed by atoms with E-state index in [0.717, 1.165) is 12.1 Å². The molecule has 114 valence electrons. The normalized spacial score (nSPS) is 13.1. The van der Waals surface area contributed by atoms with Gasteiger partial charge >= 0.3 is 6.18 Å². The van der Waals surface area contributed by atoms with E-state index in [2.05, 4.69) is 23.9 Å². The summed E-state index contributed by atoms with van der Waals surface area (Å²) >= 11 is 0. The number of ether oxygens (including phenoxy) is 1. The molecule has 1 aromatic carbocycles. The van der Waals surface area contributed by atoms with Crippen LogP contribution in [0.5, 0.6) is 5.75 Å². The van der Waals surface area contributed by atoms with Crippen LogP contribution in [-0.2, 0) is 0 Å². The molecule has 0 aromatic heterocycles. The summed E-state index contributed by atoms with van der Waals surface area (Å²) < 4.78 is 40.7. The van der Waals surface area contributed by atoms with Gasteiger partial charge in [-0.25, -0.2) is 0 Å². The minimum absolute atomic E-state index is 0.228. The summed E-state index contributed by atoms with van der Waals surface area (Å²) in [5, 5.41) is 3.32. The zero-order chi connectivity index (χ0) is 15.0. The van der Waals surface area contributed by atoms with Crippen molar-refractivity contribution in [2.45, 2.75) is 51.7 Å². The lowest BCUT2D eigenvalue weighted by atomic mass is 10.1. The molecule has 0 radical (unpaired) electrons. The predicted octanol–water partition coefficient (Wildman–Crippen LogP) is 5.01. The van der Waals surface area contributed by atoms with Gasteiger partial charge in [0.05, 0.1) is 0 Å². The second kappa shape index (κ2) is 8.02. The number of hydrogen-bond acceptors (Lipinski definition) is 2. The number of halogens is 3. The van der Waals surface area contributed by atoms with Crippen molar-refractivity contribution in [3.63, 3.8) is 0 Å². The Balaban J connectivity index is 2.38. The Morgan fingerprint density at radius 1 is 1.15 bits per heavy atom. The quantitative estimate of drug-likeness (QED) is 0.679. The van der Waals surface area contributed by atoms with Crippen LogP contribution < -0.4 is 10.1 Å². The molecule has 1 atom stereocenters. The van der Waals surface area contributed by atoms with E-state index in [4.69, 9.17) is 0 Å². The summed E-state index contributed by atoms with van der Waals surface area (Å²) in [4.78, 5) is 0. The lowest BCUT2D eigenvalue weighted by Crippen LogP contribution is -2.19. The molecule has 1 N–H and O–H groups in total. The summed E-state index contributed by atoms with van der Waals surface area (Å²) in [6.45, 7) is 3.01. The van der Waals surface area contributed by atoms with Crippen LogP contribution in [0.25, 0.3) is 0 Å². The zero-order valence-electron chi connectivity index (χ0n) is 12.0. The molecule has 0 amide bonds. The Kier molecular flexibility index (Phi) is 6.68. The standard InChI is InChI=1S/C15H22F3NO/c1-3-4-5-6-12(2)19-13-7-9-14(10-8-13)20-11-15(16,17)18/h7-10,12,19H,3-6,11H2,1-2H3. The smallest absolute Gasteiger partial charge is 0.422 e. The van der Waals surface area contributed by atoms with Crippen molar-refractivity contribution in [3.05, 3.63) is 24.3 Å². The molecule has 0 bridgehead atoms. The van der Waals surface area contributed by atoms with Crippen molar-refractivity contribution in [2.24, 2.45) is 0 Å². The lowest BCUT2D eigenvalue weighted by Gasteiger charge is -2.15. The minimum atomic E-state index is -4.30. The maximum Gasteiger partial charge on any atom is 0.422 e. The first-order valence-electron chi connectivity index (χ1n) is 6.97. The predicted molar refractivity (Wildman–Crippen MR) is 75.2 cm³/mol. The second-order valence-electron chi connectivity index (χ2n) is 4.97. The highest BCUT2D eigenvalue weighted by molar-refractivity contribution is 5.46. The van der Waals surface area contributed by atoms with Crippen molar-refractivity contribution >= 4 is 5.69 Å². The highest BCUT2D eigenvalue weighted by Crippen LogP contribution is 2.21. The fourth-order valence-corrected chi connectivity index (χ4v) is 1.87. The van der Waals surface area contributed by atoms with Crippen molar-refractivity contribution < 1.29 is 17.9 Å². The summed E-state index contributed by atoms with van der Waals surface area (Å²) in [6.07, 6.45) is 0.372. The average Bonchev–Trinajstić information content (AvgIpc) is 2.37. The zero-order valence-corrected chi connectivity index (χ0v) is 12.0. The van der Waals surface area contributed by atoms with Crippen LogP contribution in [0, 0.1) is 0 Å². The Labute approximate surface area is 118 Å². The Hall–Kier alpha value is -1.39. The topological polar surface area (TPSA) is 21.3 Å². The van der Waals surface area contributed by atoms with Crippen LogP contribution in [-0.4, -0.2) is 18.8 Å². The first-order chi connectivity index (χ1) is 9.40. The van der Waals surface area contributed by atoms with Crippen LogP contribution in [0.2, 0.25) is 0 Å². The Morgan fingerprint density at radius 2 is 1.80 bits per heavy atom. The van der Waals surface area contributed by atoms with Crippen molar-refractivity contribution in [1.29, 1.82) is 0 Å². The third kappa shape index (κ3) is 7.26. The number of rotatable bonds is 8. The number of nitrogens with one attached hydrogen (secondary N) is 1. The highest BCUT2D eigenvalue weighted by atomic mass is 19.4. The van der Waals surface area contributed by atoms with Gasteiger partial charge in [0.2, 0.25) is 0 Å². The summed E-state index contributed by atoms with van der Waals surface area (Å²) in [5.74, 6) is 0.228. The van der Waals surface area contributed by atoms with Gasteiger partial charge in [0.15, 0.2) is 6.61 Å². The lowest BCUT2D eigenvalue weighted by molar-refractivity contribution is -0.153. The first kappa shape index (κ1) is 16.7. The van der Waals surface area contributed by atoms with E-state index in [1.165, 1.54) is 19.3 Å². The molecule has 1 rings (SSSR count). The van der Waals surface area contributed by atoms with E-state index in [-0.39, 0.29) is 5.75 Å². The van der Waals surface area contributed by atoms with E-state index < -0.39 is 12.8 Å². The molecule has 0 spiro atoms. The van der Waals surface area contributed by atoms with E-state index in [1.807, 2.05) is 0 Å². The molecule has 2 nitrogen and oxygen atoms in total. The van der Waals surface area contributed by atoms with Crippen molar-refractivity contribution in [3.8, 4) is 5.75 Å². The monoisotopic (exact) mass is 289 g/mol. The molecule has 0 aliphatic rings. The van der Waals surface area contributed by atoms with Gasteiger partial charge in [-0.1, -0.05) is 26.2 Å². The van der Waals surface area contributed by atoms with E-state index in [0.29, 0.717) is 6.04 Å². The van der Waals surface area contributed by atoms with E-state index in [1.54, 1.807) is 24.3 Å². The Bertz CT molecular complexity index is 376. The first-order valence-corrected chi connectivity index (χ1v) is 6.97. The van der Waals surface area contributed by atoms with E-state index in [9.17, 15) is 13.2 Å².